The Bertz CT molecular complexity index is 341. The summed E-state index contributed by atoms with van der Waals surface area (Å²) in [7, 11) is 1.91. The van der Waals surface area contributed by atoms with Gasteiger partial charge >= 0.3 is 0 Å². The molecule has 1 aromatic rings. The maximum atomic E-state index is 8.90. The number of nitrogen functional groups attached to an aromatic ring is 1. The van der Waals surface area contributed by atoms with Crippen molar-refractivity contribution in [1.82, 2.24) is 0 Å². The maximum Gasteiger partial charge on any atom is 0.116 e. The molecule has 0 aliphatic rings. The van der Waals surface area contributed by atoms with Crippen LogP contribution in [-0.4, -0.2) is 13.1 Å². The van der Waals surface area contributed by atoms with E-state index in [4.69, 9.17) is 11.0 Å². The summed E-state index contributed by atoms with van der Waals surface area (Å²) in [5, 5.41) is 8.90. The monoisotopic (exact) mass is 189 g/mol. The van der Waals surface area contributed by atoms with Crippen molar-refractivity contribution < 1.29 is 0 Å². The third kappa shape index (κ3) is 2.17. The Morgan fingerprint density at radius 1 is 1.57 bits per heavy atom. The summed E-state index contributed by atoms with van der Waals surface area (Å²) in [6.45, 7) is 2.00. The van der Waals surface area contributed by atoms with Crippen LogP contribution in [0.25, 0.3) is 0 Å². The van der Waals surface area contributed by atoms with E-state index in [1.54, 1.807) is 0 Å². The number of nitriles is 1. The van der Waals surface area contributed by atoms with Gasteiger partial charge in [0.1, 0.15) is 6.04 Å². The lowest BCUT2D eigenvalue weighted by Gasteiger charge is -2.23. The van der Waals surface area contributed by atoms with Gasteiger partial charge in [-0.05, 0) is 24.6 Å². The minimum Gasteiger partial charge on any atom is -0.399 e. The van der Waals surface area contributed by atoms with Gasteiger partial charge in [-0.25, -0.2) is 0 Å². The van der Waals surface area contributed by atoms with Gasteiger partial charge < -0.3 is 10.6 Å². The molecule has 0 radical (unpaired) electrons. The highest BCUT2D eigenvalue weighted by Gasteiger charge is 2.11. The van der Waals surface area contributed by atoms with Crippen molar-refractivity contribution in [3.63, 3.8) is 0 Å². The molecule has 0 saturated carbocycles. The molecule has 0 heterocycles. The lowest BCUT2D eigenvalue weighted by Crippen LogP contribution is -2.29. The predicted octanol–water partition coefficient (Wildman–Crippen LogP) is 2.01. The van der Waals surface area contributed by atoms with Crippen molar-refractivity contribution in [2.75, 3.05) is 17.7 Å². The Morgan fingerprint density at radius 2 is 2.29 bits per heavy atom. The Balaban J connectivity index is 2.89. The summed E-state index contributed by atoms with van der Waals surface area (Å²) in [4.78, 5) is 1.94. The van der Waals surface area contributed by atoms with Crippen LogP contribution in [0.15, 0.2) is 24.3 Å². The van der Waals surface area contributed by atoms with Crippen LogP contribution in [0.1, 0.15) is 13.3 Å². The normalized spacial score (nSPS) is 11.8. The van der Waals surface area contributed by atoms with Gasteiger partial charge in [-0.3, -0.25) is 0 Å². The van der Waals surface area contributed by atoms with E-state index in [-0.39, 0.29) is 6.04 Å². The molecule has 14 heavy (non-hydrogen) atoms. The van der Waals surface area contributed by atoms with Crippen molar-refractivity contribution in [1.29, 1.82) is 5.26 Å². The smallest absolute Gasteiger partial charge is 0.116 e. The third-order valence-corrected chi connectivity index (χ3v) is 2.28. The molecule has 3 nitrogen and oxygen atoms in total. The van der Waals surface area contributed by atoms with Crippen LogP contribution in [-0.2, 0) is 0 Å². The molecule has 1 rings (SSSR count). The first-order valence-corrected chi connectivity index (χ1v) is 4.67. The zero-order chi connectivity index (χ0) is 10.6. The number of hydrogen-bond acceptors (Lipinski definition) is 3. The number of benzene rings is 1. The van der Waals surface area contributed by atoms with E-state index in [9.17, 15) is 0 Å². The lowest BCUT2D eigenvalue weighted by molar-refractivity contribution is 0.734. The zero-order valence-electron chi connectivity index (χ0n) is 8.57. The molecule has 0 spiro atoms. The van der Waals surface area contributed by atoms with Crippen molar-refractivity contribution in [3.8, 4) is 6.07 Å². The van der Waals surface area contributed by atoms with Gasteiger partial charge in [0.15, 0.2) is 0 Å². The number of anilines is 2. The molecule has 74 valence electrons. The van der Waals surface area contributed by atoms with Gasteiger partial charge in [-0.15, -0.1) is 0 Å². The fourth-order valence-corrected chi connectivity index (χ4v) is 1.38. The van der Waals surface area contributed by atoms with Gasteiger partial charge in [0.2, 0.25) is 0 Å². The summed E-state index contributed by atoms with van der Waals surface area (Å²) >= 11 is 0. The summed E-state index contributed by atoms with van der Waals surface area (Å²) in [5.41, 5.74) is 7.38. The predicted molar refractivity (Wildman–Crippen MR) is 58.9 cm³/mol. The molecule has 1 unspecified atom stereocenters. The standard InChI is InChI=1S/C11H15N3/c1-3-10(8-12)14(2)11-6-4-5-9(13)7-11/h4-7,10H,3,13H2,1-2H3. The second-order valence-corrected chi connectivity index (χ2v) is 3.26. The molecule has 0 aliphatic carbocycles. The van der Waals surface area contributed by atoms with E-state index >= 15 is 0 Å². The number of rotatable bonds is 3. The van der Waals surface area contributed by atoms with Crippen LogP contribution in [0, 0.1) is 11.3 Å². The molecule has 0 bridgehead atoms. The molecule has 0 amide bonds. The molecular weight excluding hydrogens is 174 g/mol. The van der Waals surface area contributed by atoms with Crippen molar-refractivity contribution in [2.24, 2.45) is 0 Å². The zero-order valence-corrected chi connectivity index (χ0v) is 8.57. The number of nitrogens with two attached hydrogens (primary N) is 1. The first-order chi connectivity index (χ1) is 6.69. The van der Waals surface area contributed by atoms with Gasteiger partial charge in [0, 0.05) is 18.4 Å². The quantitative estimate of drug-likeness (QED) is 0.740. The Kier molecular flexibility index (Phi) is 3.35. The van der Waals surface area contributed by atoms with E-state index in [1.165, 1.54) is 0 Å². The van der Waals surface area contributed by atoms with Crippen LogP contribution in [0.5, 0.6) is 0 Å². The second kappa shape index (κ2) is 4.52. The minimum atomic E-state index is -0.0863. The second-order valence-electron chi connectivity index (χ2n) is 3.26. The largest absolute Gasteiger partial charge is 0.399 e. The summed E-state index contributed by atoms with van der Waals surface area (Å²) < 4.78 is 0. The molecule has 0 saturated heterocycles. The van der Waals surface area contributed by atoms with Crippen molar-refractivity contribution in [3.05, 3.63) is 24.3 Å². The average molecular weight is 189 g/mol. The lowest BCUT2D eigenvalue weighted by atomic mass is 10.2. The molecule has 0 aromatic heterocycles. The van der Waals surface area contributed by atoms with Gasteiger partial charge in [0.25, 0.3) is 0 Å². The fourth-order valence-electron chi connectivity index (χ4n) is 1.38. The Morgan fingerprint density at radius 3 is 2.79 bits per heavy atom. The Hall–Kier alpha value is -1.69. The number of hydrogen-bond donors (Lipinski definition) is 1. The number of nitrogens with zero attached hydrogens (tertiary/aromatic N) is 2. The fraction of sp³-hybridized carbons (Fsp3) is 0.364. The van der Waals surface area contributed by atoms with Gasteiger partial charge in [0.05, 0.1) is 6.07 Å². The Labute approximate surface area is 84.7 Å². The molecular formula is C11H15N3. The van der Waals surface area contributed by atoms with E-state index in [0.29, 0.717) is 0 Å². The van der Waals surface area contributed by atoms with E-state index in [0.717, 1.165) is 17.8 Å². The van der Waals surface area contributed by atoms with Crippen LogP contribution >= 0.6 is 0 Å². The van der Waals surface area contributed by atoms with Crippen LogP contribution in [0.4, 0.5) is 11.4 Å². The van der Waals surface area contributed by atoms with Crippen molar-refractivity contribution in [2.45, 2.75) is 19.4 Å². The summed E-state index contributed by atoms with van der Waals surface area (Å²) in [6, 6.07) is 9.73. The van der Waals surface area contributed by atoms with Crippen LogP contribution in [0.3, 0.4) is 0 Å². The van der Waals surface area contributed by atoms with Gasteiger partial charge in [-0.2, -0.15) is 5.26 Å². The van der Waals surface area contributed by atoms with E-state index in [2.05, 4.69) is 6.07 Å². The molecule has 1 aromatic carbocycles. The van der Waals surface area contributed by atoms with Crippen LogP contribution < -0.4 is 10.6 Å². The third-order valence-electron chi connectivity index (χ3n) is 2.28. The first-order valence-electron chi connectivity index (χ1n) is 4.67. The highest BCUT2D eigenvalue weighted by atomic mass is 15.1. The molecule has 2 N–H and O–H groups in total. The summed E-state index contributed by atoms with van der Waals surface area (Å²) in [6.07, 6.45) is 0.807. The molecule has 0 aliphatic heterocycles. The van der Waals surface area contributed by atoms with Gasteiger partial charge in [-0.1, -0.05) is 13.0 Å². The molecule has 1 atom stereocenters. The molecule has 3 heteroatoms. The highest BCUT2D eigenvalue weighted by Crippen LogP contribution is 2.18. The van der Waals surface area contributed by atoms with Crippen LogP contribution in [0.2, 0.25) is 0 Å². The highest BCUT2D eigenvalue weighted by molar-refractivity contribution is 5.56. The van der Waals surface area contributed by atoms with Crippen molar-refractivity contribution >= 4 is 11.4 Å². The average Bonchev–Trinajstić information content (AvgIpc) is 2.19. The minimum absolute atomic E-state index is 0.0863. The van der Waals surface area contributed by atoms with E-state index < -0.39 is 0 Å². The maximum absolute atomic E-state index is 8.90. The first kappa shape index (κ1) is 10.4. The molecule has 0 fully saturated rings. The topological polar surface area (TPSA) is 53.0 Å². The summed E-state index contributed by atoms with van der Waals surface area (Å²) in [5.74, 6) is 0. The SMILES string of the molecule is CCC(C#N)N(C)c1cccc(N)c1. The van der Waals surface area contributed by atoms with E-state index in [1.807, 2.05) is 43.1 Å².